The monoisotopic (exact) mass is 252 g/mol. The lowest BCUT2D eigenvalue weighted by Crippen LogP contribution is -2.18. The quantitative estimate of drug-likeness (QED) is 0.452. The third-order valence-electron chi connectivity index (χ3n) is 4.85. The average molecular weight is 252 g/mol. The Morgan fingerprint density at radius 1 is 0.833 bits per heavy atom. The molecule has 0 fully saturated rings. The highest BCUT2D eigenvalue weighted by molar-refractivity contribution is 5.02. The van der Waals surface area contributed by atoms with Gasteiger partial charge in [-0.3, -0.25) is 0 Å². The fraction of sp³-hybridized carbons (Fsp3) is 0.889. The summed E-state index contributed by atoms with van der Waals surface area (Å²) in [6.07, 6.45) is 2.65. The molecule has 0 nitrogen and oxygen atoms in total. The summed E-state index contributed by atoms with van der Waals surface area (Å²) in [4.78, 5) is 0. The Balaban J connectivity index is 4.18. The molecule has 0 aromatic heterocycles. The van der Waals surface area contributed by atoms with Crippen molar-refractivity contribution in [1.29, 1.82) is 0 Å². The van der Waals surface area contributed by atoms with Gasteiger partial charge < -0.3 is 0 Å². The summed E-state index contributed by atoms with van der Waals surface area (Å²) in [5, 5.41) is 0. The maximum Gasteiger partial charge on any atom is -0.0229 e. The Morgan fingerprint density at radius 3 is 1.72 bits per heavy atom. The molecule has 0 aliphatic heterocycles. The van der Waals surface area contributed by atoms with E-state index in [0.717, 1.165) is 23.7 Å². The zero-order valence-corrected chi connectivity index (χ0v) is 14.1. The summed E-state index contributed by atoms with van der Waals surface area (Å²) in [5.41, 5.74) is 1.42. The predicted octanol–water partition coefficient (Wildman–Crippen LogP) is 6.18. The van der Waals surface area contributed by atoms with Gasteiger partial charge in [-0.2, -0.15) is 0 Å². The van der Waals surface area contributed by atoms with Gasteiger partial charge in [0.05, 0.1) is 0 Å². The molecule has 0 bridgehead atoms. The lowest BCUT2D eigenvalue weighted by atomic mass is 9.78. The first-order valence-electron chi connectivity index (χ1n) is 7.85. The molecule has 0 saturated carbocycles. The standard InChI is InChI=1S/C18H36/c1-12(2)17(8)15(6)10-14(5)11-16(7)18(9)13(3)4/h12-16,18H,8,10-11H2,1-7,9H3. The van der Waals surface area contributed by atoms with E-state index in [1.165, 1.54) is 18.4 Å². The second-order valence-electron chi connectivity index (χ2n) is 7.29. The van der Waals surface area contributed by atoms with Gasteiger partial charge in [-0.1, -0.05) is 67.5 Å². The van der Waals surface area contributed by atoms with Crippen LogP contribution in [0.2, 0.25) is 0 Å². The van der Waals surface area contributed by atoms with Crippen LogP contribution in [0.5, 0.6) is 0 Å². The van der Waals surface area contributed by atoms with Crippen LogP contribution in [0, 0.1) is 35.5 Å². The molecular formula is C18H36. The molecule has 0 saturated heterocycles. The number of hydrogen-bond acceptors (Lipinski definition) is 0. The maximum absolute atomic E-state index is 4.25. The van der Waals surface area contributed by atoms with E-state index < -0.39 is 0 Å². The van der Waals surface area contributed by atoms with E-state index in [0.29, 0.717) is 11.8 Å². The summed E-state index contributed by atoms with van der Waals surface area (Å²) in [6.45, 7) is 23.0. The van der Waals surface area contributed by atoms with Crippen molar-refractivity contribution >= 4 is 0 Å². The highest BCUT2D eigenvalue weighted by atomic mass is 14.3. The summed E-state index contributed by atoms with van der Waals surface area (Å²) in [7, 11) is 0. The molecule has 0 heteroatoms. The Labute approximate surface area is 116 Å². The molecule has 0 rings (SSSR count). The van der Waals surface area contributed by atoms with E-state index in [-0.39, 0.29) is 0 Å². The molecule has 18 heavy (non-hydrogen) atoms. The Bertz CT molecular complexity index is 236. The van der Waals surface area contributed by atoms with Crippen molar-refractivity contribution in [2.45, 2.75) is 68.2 Å². The Morgan fingerprint density at radius 2 is 1.33 bits per heavy atom. The molecule has 0 heterocycles. The summed E-state index contributed by atoms with van der Waals surface area (Å²) in [5.74, 6) is 4.57. The van der Waals surface area contributed by atoms with Crippen molar-refractivity contribution < 1.29 is 0 Å². The Kier molecular flexibility index (Phi) is 7.90. The minimum atomic E-state index is 0.624. The molecule has 108 valence electrons. The van der Waals surface area contributed by atoms with E-state index in [9.17, 15) is 0 Å². The van der Waals surface area contributed by atoms with Gasteiger partial charge in [-0.15, -0.1) is 0 Å². The van der Waals surface area contributed by atoms with E-state index in [4.69, 9.17) is 0 Å². The normalized spacial score (nSPS) is 18.8. The van der Waals surface area contributed by atoms with Gasteiger partial charge in [0.25, 0.3) is 0 Å². The average Bonchev–Trinajstić information content (AvgIpc) is 2.25. The van der Waals surface area contributed by atoms with Crippen LogP contribution in [0.15, 0.2) is 12.2 Å². The molecule has 0 N–H and O–H groups in total. The van der Waals surface area contributed by atoms with E-state index in [2.05, 4.69) is 62.0 Å². The molecule has 0 radical (unpaired) electrons. The maximum atomic E-state index is 4.25. The number of allylic oxidation sites excluding steroid dienone is 1. The fourth-order valence-corrected chi connectivity index (χ4v) is 2.93. The third kappa shape index (κ3) is 6.07. The van der Waals surface area contributed by atoms with Crippen molar-refractivity contribution in [3.8, 4) is 0 Å². The van der Waals surface area contributed by atoms with Crippen molar-refractivity contribution in [3.05, 3.63) is 12.2 Å². The first-order chi connectivity index (χ1) is 8.16. The van der Waals surface area contributed by atoms with Crippen LogP contribution >= 0.6 is 0 Å². The van der Waals surface area contributed by atoms with Crippen molar-refractivity contribution in [1.82, 2.24) is 0 Å². The molecule has 4 atom stereocenters. The van der Waals surface area contributed by atoms with Crippen molar-refractivity contribution in [2.75, 3.05) is 0 Å². The smallest absolute Gasteiger partial charge is 0.0229 e. The Hall–Kier alpha value is -0.260. The van der Waals surface area contributed by atoms with Crippen LogP contribution in [0.4, 0.5) is 0 Å². The van der Waals surface area contributed by atoms with Gasteiger partial charge >= 0.3 is 0 Å². The zero-order valence-electron chi connectivity index (χ0n) is 14.1. The molecule has 0 aromatic rings. The van der Waals surface area contributed by atoms with Gasteiger partial charge in [0.2, 0.25) is 0 Å². The third-order valence-corrected chi connectivity index (χ3v) is 4.85. The molecular weight excluding hydrogens is 216 g/mol. The van der Waals surface area contributed by atoms with E-state index in [1.54, 1.807) is 0 Å². The number of rotatable bonds is 8. The molecule has 0 spiro atoms. The molecule has 4 unspecified atom stereocenters. The highest BCUT2D eigenvalue weighted by Crippen LogP contribution is 2.31. The second-order valence-corrected chi connectivity index (χ2v) is 7.29. The van der Waals surface area contributed by atoms with Crippen LogP contribution in [0.25, 0.3) is 0 Å². The van der Waals surface area contributed by atoms with Crippen LogP contribution in [0.3, 0.4) is 0 Å². The van der Waals surface area contributed by atoms with Crippen LogP contribution < -0.4 is 0 Å². The van der Waals surface area contributed by atoms with Gasteiger partial charge in [-0.05, 0) is 48.3 Å². The van der Waals surface area contributed by atoms with Crippen molar-refractivity contribution in [3.63, 3.8) is 0 Å². The highest BCUT2D eigenvalue weighted by Gasteiger charge is 2.20. The molecule has 0 amide bonds. The van der Waals surface area contributed by atoms with E-state index >= 15 is 0 Å². The summed E-state index contributed by atoms with van der Waals surface area (Å²) >= 11 is 0. The lowest BCUT2D eigenvalue weighted by Gasteiger charge is -2.28. The van der Waals surface area contributed by atoms with E-state index in [1.807, 2.05) is 0 Å². The van der Waals surface area contributed by atoms with Crippen LogP contribution in [-0.2, 0) is 0 Å². The first-order valence-corrected chi connectivity index (χ1v) is 7.85. The largest absolute Gasteiger partial charge is 0.0993 e. The van der Waals surface area contributed by atoms with Gasteiger partial charge in [0.1, 0.15) is 0 Å². The second kappa shape index (κ2) is 8.02. The SMILES string of the molecule is C=C(C(C)C)C(C)CC(C)CC(C)C(C)C(C)C. The molecule has 0 aliphatic rings. The van der Waals surface area contributed by atoms with Gasteiger partial charge in [0, 0.05) is 0 Å². The topological polar surface area (TPSA) is 0 Å². The summed E-state index contributed by atoms with van der Waals surface area (Å²) < 4.78 is 0. The van der Waals surface area contributed by atoms with Gasteiger partial charge in [-0.25, -0.2) is 0 Å². The molecule has 0 aliphatic carbocycles. The first kappa shape index (κ1) is 17.7. The summed E-state index contributed by atoms with van der Waals surface area (Å²) in [6, 6.07) is 0. The minimum Gasteiger partial charge on any atom is -0.0993 e. The van der Waals surface area contributed by atoms with Crippen LogP contribution in [-0.4, -0.2) is 0 Å². The fourth-order valence-electron chi connectivity index (χ4n) is 2.93. The number of hydrogen-bond donors (Lipinski definition) is 0. The van der Waals surface area contributed by atoms with Crippen molar-refractivity contribution in [2.24, 2.45) is 35.5 Å². The van der Waals surface area contributed by atoms with Crippen LogP contribution in [0.1, 0.15) is 68.2 Å². The molecule has 0 aromatic carbocycles. The lowest BCUT2D eigenvalue weighted by molar-refractivity contribution is 0.240. The minimum absolute atomic E-state index is 0.624. The van der Waals surface area contributed by atoms with Gasteiger partial charge in [0.15, 0.2) is 0 Å². The predicted molar refractivity (Wildman–Crippen MR) is 84.7 cm³/mol. The zero-order chi connectivity index (χ0) is 14.5.